The first-order chi connectivity index (χ1) is 10.7. The van der Waals surface area contributed by atoms with E-state index in [9.17, 15) is 4.79 Å². The van der Waals surface area contributed by atoms with Gasteiger partial charge in [0.2, 0.25) is 0 Å². The summed E-state index contributed by atoms with van der Waals surface area (Å²) in [4.78, 5) is 13.9. The van der Waals surface area contributed by atoms with Gasteiger partial charge in [-0.1, -0.05) is 24.3 Å². The fraction of sp³-hybridized carbons (Fsp3) is 0.389. The summed E-state index contributed by atoms with van der Waals surface area (Å²) < 4.78 is 5.60. The normalized spacial score (nSPS) is 15.5. The van der Waals surface area contributed by atoms with E-state index in [1.807, 2.05) is 19.1 Å². The average Bonchev–Trinajstić information content (AvgIpc) is 3.20. The molecular formula is C18H21NO2S. The van der Waals surface area contributed by atoms with E-state index in [0.29, 0.717) is 12.6 Å². The fourth-order valence-corrected chi connectivity index (χ4v) is 3.28. The van der Waals surface area contributed by atoms with Crippen LogP contribution in [0.25, 0.3) is 10.4 Å². The van der Waals surface area contributed by atoms with Crippen LogP contribution in [0.3, 0.4) is 0 Å². The lowest BCUT2D eigenvalue weighted by Gasteiger charge is -2.12. The Hall–Kier alpha value is -1.65. The summed E-state index contributed by atoms with van der Waals surface area (Å²) in [5, 5.41) is 3.03. The van der Waals surface area contributed by atoms with E-state index in [4.69, 9.17) is 4.74 Å². The van der Waals surface area contributed by atoms with Crippen molar-refractivity contribution in [2.75, 3.05) is 6.61 Å². The van der Waals surface area contributed by atoms with Crippen LogP contribution in [-0.4, -0.2) is 18.6 Å². The maximum atomic E-state index is 12.0. The smallest absolute Gasteiger partial charge is 0.261 e. The van der Waals surface area contributed by atoms with Gasteiger partial charge < -0.3 is 10.1 Å². The molecule has 3 rings (SSSR count). The second-order valence-electron chi connectivity index (χ2n) is 5.63. The summed E-state index contributed by atoms with van der Waals surface area (Å²) in [7, 11) is 0. The highest BCUT2D eigenvalue weighted by molar-refractivity contribution is 7.17. The van der Waals surface area contributed by atoms with E-state index in [0.717, 1.165) is 28.2 Å². The average molecular weight is 315 g/mol. The van der Waals surface area contributed by atoms with Crippen LogP contribution in [-0.2, 0) is 4.74 Å². The van der Waals surface area contributed by atoms with Gasteiger partial charge in [0, 0.05) is 17.5 Å². The molecule has 1 heterocycles. The molecule has 1 aromatic heterocycles. The number of rotatable bonds is 6. The Labute approximate surface area is 135 Å². The number of hydrogen-bond acceptors (Lipinski definition) is 3. The number of carbonyl (C=O) groups is 1. The van der Waals surface area contributed by atoms with Crippen molar-refractivity contribution in [2.24, 2.45) is 0 Å². The Balaban J connectivity index is 1.71. The van der Waals surface area contributed by atoms with Crippen LogP contribution in [0, 0.1) is 0 Å². The topological polar surface area (TPSA) is 38.3 Å². The Morgan fingerprint density at radius 2 is 2.00 bits per heavy atom. The molecule has 4 heteroatoms. The minimum absolute atomic E-state index is 0.0559. The van der Waals surface area contributed by atoms with Crippen molar-refractivity contribution in [1.82, 2.24) is 5.32 Å². The van der Waals surface area contributed by atoms with E-state index in [-0.39, 0.29) is 12.0 Å². The molecule has 0 unspecified atom stereocenters. The standard InChI is InChI=1S/C18H21NO2S/c1-3-21-12(2)13-4-6-14(7-5-13)16-10-11-17(22-16)18(20)19-15-8-9-15/h4-7,10-12,15H,3,8-9H2,1-2H3,(H,19,20)/t12-/m1/s1. The van der Waals surface area contributed by atoms with Gasteiger partial charge >= 0.3 is 0 Å². The highest BCUT2D eigenvalue weighted by atomic mass is 32.1. The number of hydrogen-bond donors (Lipinski definition) is 1. The molecule has 0 saturated heterocycles. The van der Waals surface area contributed by atoms with Gasteiger partial charge in [0.1, 0.15) is 0 Å². The predicted molar refractivity (Wildman–Crippen MR) is 90.3 cm³/mol. The van der Waals surface area contributed by atoms with Crippen molar-refractivity contribution in [3.05, 3.63) is 46.8 Å². The number of nitrogens with one attached hydrogen (secondary N) is 1. The Morgan fingerprint density at radius 1 is 1.27 bits per heavy atom. The van der Waals surface area contributed by atoms with Crippen LogP contribution in [0.5, 0.6) is 0 Å². The molecule has 1 aromatic carbocycles. The second kappa shape index (κ2) is 6.63. The van der Waals surface area contributed by atoms with Gasteiger partial charge in [-0.3, -0.25) is 4.79 Å². The van der Waals surface area contributed by atoms with Crippen molar-refractivity contribution in [3.8, 4) is 10.4 Å². The lowest BCUT2D eigenvalue weighted by molar-refractivity contribution is 0.0764. The summed E-state index contributed by atoms with van der Waals surface area (Å²) >= 11 is 1.55. The van der Waals surface area contributed by atoms with Gasteiger partial charge in [0.25, 0.3) is 5.91 Å². The van der Waals surface area contributed by atoms with Crippen LogP contribution in [0.15, 0.2) is 36.4 Å². The molecule has 3 nitrogen and oxygen atoms in total. The van der Waals surface area contributed by atoms with Crippen LogP contribution in [0.4, 0.5) is 0 Å². The molecule has 1 amide bonds. The minimum Gasteiger partial charge on any atom is -0.374 e. The Morgan fingerprint density at radius 3 is 2.64 bits per heavy atom. The third kappa shape index (κ3) is 3.57. The van der Waals surface area contributed by atoms with Crippen molar-refractivity contribution in [3.63, 3.8) is 0 Å². The van der Waals surface area contributed by atoms with Crippen LogP contribution >= 0.6 is 11.3 Å². The number of benzene rings is 1. The van der Waals surface area contributed by atoms with E-state index < -0.39 is 0 Å². The number of amides is 1. The zero-order valence-electron chi connectivity index (χ0n) is 13.0. The van der Waals surface area contributed by atoms with Gasteiger partial charge in [-0.05, 0) is 49.9 Å². The number of carbonyl (C=O) groups excluding carboxylic acids is 1. The van der Waals surface area contributed by atoms with E-state index >= 15 is 0 Å². The first kappa shape index (κ1) is 15.3. The molecule has 0 radical (unpaired) electrons. The molecule has 1 N–H and O–H groups in total. The lowest BCUT2D eigenvalue weighted by Crippen LogP contribution is -2.24. The number of thiophene rings is 1. The highest BCUT2D eigenvalue weighted by Crippen LogP contribution is 2.30. The van der Waals surface area contributed by atoms with Gasteiger partial charge in [-0.15, -0.1) is 11.3 Å². The maximum Gasteiger partial charge on any atom is 0.261 e. The van der Waals surface area contributed by atoms with Crippen molar-refractivity contribution in [1.29, 1.82) is 0 Å². The molecule has 0 bridgehead atoms. The Kier molecular flexibility index (Phi) is 4.60. The van der Waals surface area contributed by atoms with Gasteiger partial charge in [-0.25, -0.2) is 0 Å². The molecule has 1 saturated carbocycles. The summed E-state index contributed by atoms with van der Waals surface area (Å²) in [6.45, 7) is 4.78. The van der Waals surface area contributed by atoms with E-state index in [1.165, 1.54) is 5.56 Å². The molecule has 1 aliphatic carbocycles. The Bertz CT molecular complexity index is 643. The molecule has 116 valence electrons. The monoisotopic (exact) mass is 315 g/mol. The largest absolute Gasteiger partial charge is 0.374 e. The van der Waals surface area contributed by atoms with Gasteiger partial charge in [-0.2, -0.15) is 0 Å². The zero-order valence-corrected chi connectivity index (χ0v) is 13.8. The predicted octanol–water partition coefficient (Wildman–Crippen LogP) is 4.40. The summed E-state index contributed by atoms with van der Waals surface area (Å²) in [5.74, 6) is 0.0559. The van der Waals surface area contributed by atoms with Gasteiger partial charge in [0.15, 0.2) is 0 Å². The second-order valence-corrected chi connectivity index (χ2v) is 6.71. The molecule has 22 heavy (non-hydrogen) atoms. The summed E-state index contributed by atoms with van der Waals surface area (Å²) in [5.41, 5.74) is 2.32. The molecular weight excluding hydrogens is 294 g/mol. The third-order valence-electron chi connectivity index (χ3n) is 3.82. The van der Waals surface area contributed by atoms with Crippen LogP contribution in [0.1, 0.15) is 48.0 Å². The molecule has 1 fully saturated rings. The van der Waals surface area contributed by atoms with Crippen LogP contribution in [0.2, 0.25) is 0 Å². The molecule has 2 aromatic rings. The summed E-state index contributed by atoms with van der Waals surface area (Å²) in [6.07, 6.45) is 2.34. The van der Waals surface area contributed by atoms with Crippen molar-refractivity contribution < 1.29 is 9.53 Å². The number of ether oxygens (including phenoxy) is 1. The zero-order chi connectivity index (χ0) is 15.5. The first-order valence-corrected chi connectivity index (χ1v) is 8.61. The fourth-order valence-electron chi connectivity index (χ4n) is 2.36. The highest BCUT2D eigenvalue weighted by Gasteiger charge is 2.24. The first-order valence-electron chi connectivity index (χ1n) is 7.80. The van der Waals surface area contributed by atoms with E-state index in [2.05, 4.69) is 36.5 Å². The summed E-state index contributed by atoms with van der Waals surface area (Å²) in [6, 6.07) is 12.7. The molecule has 1 aliphatic rings. The molecule has 1 atom stereocenters. The van der Waals surface area contributed by atoms with Crippen LogP contribution < -0.4 is 5.32 Å². The van der Waals surface area contributed by atoms with E-state index in [1.54, 1.807) is 11.3 Å². The van der Waals surface area contributed by atoms with Crippen molar-refractivity contribution in [2.45, 2.75) is 38.8 Å². The molecule has 0 aliphatic heterocycles. The van der Waals surface area contributed by atoms with Crippen molar-refractivity contribution >= 4 is 17.2 Å². The third-order valence-corrected chi connectivity index (χ3v) is 4.96. The lowest BCUT2D eigenvalue weighted by atomic mass is 10.1. The van der Waals surface area contributed by atoms with Gasteiger partial charge in [0.05, 0.1) is 11.0 Å². The minimum atomic E-state index is 0.0559. The maximum absolute atomic E-state index is 12.0. The quantitative estimate of drug-likeness (QED) is 0.857. The SMILES string of the molecule is CCO[C@H](C)c1ccc(-c2ccc(C(=O)NC3CC3)s2)cc1. The molecule has 0 spiro atoms.